The van der Waals surface area contributed by atoms with Gasteiger partial charge >= 0.3 is 18.1 Å². The van der Waals surface area contributed by atoms with Crippen molar-refractivity contribution in [3.05, 3.63) is 43.0 Å². The van der Waals surface area contributed by atoms with Gasteiger partial charge in [-0.3, -0.25) is 14.7 Å². The van der Waals surface area contributed by atoms with Crippen LogP contribution in [0.4, 0.5) is 21.1 Å². The number of esters is 1. The number of amides is 3. The van der Waals surface area contributed by atoms with Gasteiger partial charge < -0.3 is 29.3 Å². The topological polar surface area (TPSA) is 168 Å². The van der Waals surface area contributed by atoms with Crippen LogP contribution < -0.4 is 16.0 Å². The molecule has 0 aliphatic carbocycles. The Balaban J connectivity index is 1.71. The summed E-state index contributed by atoms with van der Waals surface area (Å²) in [7, 11) is -0.977. The number of carbonyl (C=O) groups excluding carboxylic acids is 3. The number of urea groups is 1. The number of para-hydroxylation sites is 1. The largest absolute Gasteiger partial charge is 0.466 e. The predicted molar refractivity (Wildman–Crippen MR) is 166 cm³/mol. The number of benzene rings is 1. The maximum atomic E-state index is 12.8. The third-order valence-corrected chi connectivity index (χ3v) is 12.4. The van der Waals surface area contributed by atoms with Crippen molar-refractivity contribution in [2.24, 2.45) is 5.92 Å². The standard InChI is InChI=1S/C29H41N7O7Si/c1-8-40-21(37)14-19-20(15-41-28(39)30-5)42-26(23(19)43-44(6,7)29(2,3)4)36-17-33-22-24(31-16-32-25(22)36)35-27(38)34-18-12-10-9-11-13-18/h9-13,16-17,19-20,23,26H,8,14-15H2,1-7H3,(H,30,39)(H2,31,32,34,35,38). The van der Waals surface area contributed by atoms with Crippen molar-refractivity contribution in [1.82, 2.24) is 24.8 Å². The third kappa shape index (κ3) is 7.52. The van der Waals surface area contributed by atoms with Gasteiger partial charge in [-0.05, 0) is 37.2 Å². The van der Waals surface area contributed by atoms with Crippen LogP contribution in [0.25, 0.3) is 11.2 Å². The number of anilines is 2. The average Bonchev–Trinajstić information content (AvgIpc) is 3.53. The number of fused-ring (bicyclic) bond motifs is 1. The second kappa shape index (κ2) is 13.7. The second-order valence-electron chi connectivity index (χ2n) is 11.9. The number of aromatic nitrogens is 4. The fraction of sp³-hybridized carbons (Fsp3) is 0.517. The summed E-state index contributed by atoms with van der Waals surface area (Å²) in [5.41, 5.74) is 1.33. The van der Waals surface area contributed by atoms with Crippen LogP contribution in [0.2, 0.25) is 18.1 Å². The minimum absolute atomic E-state index is 0.0144. The van der Waals surface area contributed by atoms with E-state index in [4.69, 9.17) is 18.6 Å². The summed E-state index contributed by atoms with van der Waals surface area (Å²) in [5.74, 6) is -0.736. The zero-order valence-corrected chi connectivity index (χ0v) is 27.1. The minimum atomic E-state index is -2.44. The molecule has 4 unspecified atom stereocenters. The first-order valence-electron chi connectivity index (χ1n) is 14.5. The Morgan fingerprint density at radius 2 is 1.77 bits per heavy atom. The lowest BCUT2D eigenvalue weighted by molar-refractivity contribution is -0.145. The summed E-state index contributed by atoms with van der Waals surface area (Å²) in [6.45, 7) is 12.4. The molecule has 1 aliphatic heterocycles. The fourth-order valence-electron chi connectivity index (χ4n) is 4.64. The van der Waals surface area contributed by atoms with E-state index in [-0.39, 0.29) is 30.5 Å². The summed E-state index contributed by atoms with van der Waals surface area (Å²) in [5, 5.41) is 7.76. The Morgan fingerprint density at radius 1 is 1.05 bits per heavy atom. The summed E-state index contributed by atoms with van der Waals surface area (Å²) < 4.78 is 25.8. The minimum Gasteiger partial charge on any atom is -0.466 e. The highest BCUT2D eigenvalue weighted by Gasteiger charge is 2.52. The lowest BCUT2D eigenvalue weighted by Gasteiger charge is -2.40. The number of carbonyl (C=O) groups is 3. The Morgan fingerprint density at radius 3 is 2.43 bits per heavy atom. The number of ether oxygens (including phenoxy) is 3. The normalized spacial score (nSPS) is 20.2. The van der Waals surface area contributed by atoms with Gasteiger partial charge in [0.25, 0.3) is 0 Å². The zero-order valence-electron chi connectivity index (χ0n) is 26.1. The van der Waals surface area contributed by atoms with Crippen LogP contribution in [-0.4, -0.2) is 78.4 Å². The molecule has 1 aliphatic rings. The number of alkyl carbamates (subject to hydrolysis) is 1. The van der Waals surface area contributed by atoms with Gasteiger partial charge in [0, 0.05) is 18.7 Å². The molecule has 0 radical (unpaired) electrons. The highest BCUT2D eigenvalue weighted by atomic mass is 28.4. The molecule has 2 aromatic heterocycles. The lowest BCUT2D eigenvalue weighted by atomic mass is 9.94. The number of imidazole rings is 1. The zero-order chi connectivity index (χ0) is 32.1. The van der Waals surface area contributed by atoms with Crippen LogP contribution in [0.5, 0.6) is 0 Å². The maximum Gasteiger partial charge on any atom is 0.406 e. The van der Waals surface area contributed by atoms with E-state index in [1.54, 1.807) is 23.6 Å². The highest BCUT2D eigenvalue weighted by Crippen LogP contribution is 2.45. The van der Waals surface area contributed by atoms with Crippen LogP contribution in [0, 0.1) is 5.92 Å². The molecule has 3 heterocycles. The molecule has 1 aromatic carbocycles. The molecule has 0 saturated carbocycles. The smallest absolute Gasteiger partial charge is 0.406 e. The molecule has 238 valence electrons. The lowest BCUT2D eigenvalue weighted by Crippen LogP contribution is -2.47. The van der Waals surface area contributed by atoms with Gasteiger partial charge in [0.1, 0.15) is 19.0 Å². The molecular weight excluding hydrogens is 586 g/mol. The van der Waals surface area contributed by atoms with Crippen molar-refractivity contribution in [3.8, 4) is 0 Å². The molecule has 1 fully saturated rings. The first-order valence-corrected chi connectivity index (χ1v) is 17.4. The van der Waals surface area contributed by atoms with Crippen molar-refractivity contribution in [1.29, 1.82) is 0 Å². The molecule has 0 spiro atoms. The molecule has 44 heavy (non-hydrogen) atoms. The van der Waals surface area contributed by atoms with E-state index in [9.17, 15) is 14.4 Å². The van der Waals surface area contributed by atoms with Crippen LogP contribution in [0.1, 0.15) is 40.3 Å². The number of nitrogens with zero attached hydrogens (tertiary/aromatic N) is 4. The number of hydrogen-bond acceptors (Lipinski definition) is 10. The van der Waals surface area contributed by atoms with E-state index in [0.29, 0.717) is 16.9 Å². The summed E-state index contributed by atoms with van der Waals surface area (Å²) in [6, 6.07) is 8.51. The average molecular weight is 628 g/mol. The van der Waals surface area contributed by atoms with Crippen molar-refractivity contribution in [2.45, 2.75) is 70.7 Å². The van der Waals surface area contributed by atoms with Gasteiger partial charge in [-0.25, -0.2) is 24.5 Å². The van der Waals surface area contributed by atoms with E-state index in [0.717, 1.165) is 0 Å². The number of nitrogens with one attached hydrogen (secondary N) is 3. The third-order valence-electron chi connectivity index (χ3n) is 7.92. The summed E-state index contributed by atoms with van der Waals surface area (Å²) in [6.07, 6.45) is 0.0648. The van der Waals surface area contributed by atoms with Crippen molar-refractivity contribution >= 4 is 49.1 Å². The van der Waals surface area contributed by atoms with Crippen molar-refractivity contribution in [2.75, 3.05) is 30.9 Å². The molecule has 15 heteroatoms. The molecule has 4 rings (SSSR count). The Labute approximate surface area is 257 Å². The fourth-order valence-corrected chi connectivity index (χ4v) is 5.97. The van der Waals surface area contributed by atoms with E-state index in [1.807, 2.05) is 18.2 Å². The summed E-state index contributed by atoms with van der Waals surface area (Å²) >= 11 is 0. The SMILES string of the molecule is CCOC(=O)CC1C(COC(=O)NC)OC(n2cnc3c(NC(=O)Nc4ccccc4)ncnc32)C1O[Si](C)(C)C(C)(C)C. The van der Waals surface area contributed by atoms with Gasteiger partial charge in [-0.15, -0.1) is 0 Å². The van der Waals surface area contributed by atoms with Gasteiger partial charge in [0.15, 0.2) is 31.5 Å². The highest BCUT2D eigenvalue weighted by molar-refractivity contribution is 6.74. The van der Waals surface area contributed by atoms with Crippen LogP contribution in [-0.2, 0) is 23.4 Å². The first-order chi connectivity index (χ1) is 20.8. The van der Waals surface area contributed by atoms with Gasteiger partial charge in [-0.2, -0.15) is 0 Å². The van der Waals surface area contributed by atoms with Gasteiger partial charge in [-0.1, -0.05) is 39.0 Å². The van der Waals surface area contributed by atoms with E-state index < -0.39 is 50.8 Å². The second-order valence-corrected chi connectivity index (χ2v) is 16.7. The molecule has 14 nitrogen and oxygen atoms in total. The first kappa shape index (κ1) is 32.8. The van der Waals surface area contributed by atoms with E-state index >= 15 is 0 Å². The predicted octanol–water partition coefficient (Wildman–Crippen LogP) is 4.68. The van der Waals surface area contributed by atoms with Gasteiger partial charge in [0.05, 0.1) is 25.5 Å². The van der Waals surface area contributed by atoms with Crippen molar-refractivity contribution < 1.29 is 33.0 Å². The molecule has 1 saturated heterocycles. The summed E-state index contributed by atoms with van der Waals surface area (Å²) in [4.78, 5) is 50.7. The monoisotopic (exact) mass is 627 g/mol. The maximum absolute atomic E-state index is 12.8. The molecule has 0 bridgehead atoms. The van der Waals surface area contributed by atoms with E-state index in [2.05, 4.69) is 64.8 Å². The van der Waals surface area contributed by atoms with Crippen molar-refractivity contribution in [3.63, 3.8) is 0 Å². The molecular formula is C29H41N7O7Si. The molecule has 3 aromatic rings. The van der Waals surface area contributed by atoms with Crippen LogP contribution in [0.3, 0.4) is 0 Å². The molecule has 3 amide bonds. The molecule has 4 atom stereocenters. The number of rotatable bonds is 10. The number of hydrogen-bond donors (Lipinski definition) is 3. The Kier molecular flexibility index (Phi) is 10.2. The van der Waals surface area contributed by atoms with Crippen LogP contribution >= 0.6 is 0 Å². The van der Waals surface area contributed by atoms with E-state index in [1.165, 1.54) is 19.7 Å². The van der Waals surface area contributed by atoms with Crippen LogP contribution in [0.15, 0.2) is 43.0 Å². The quantitative estimate of drug-likeness (QED) is 0.212. The Hall–Kier alpha value is -4.08. The van der Waals surface area contributed by atoms with Gasteiger partial charge in [0.2, 0.25) is 0 Å². The molecule has 3 N–H and O–H groups in total. The Bertz CT molecular complexity index is 1460.